The zero-order chi connectivity index (χ0) is 24.3. The molecule has 3 heterocycles. The molecular formula is C25H29N3O6S. The molecule has 0 amide bonds. The summed E-state index contributed by atoms with van der Waals surface area (Å²) in [4.78, 5) is 6.86. The highest BCUT2D eigenvalue weighted by atomic mass is 32.2. The standard InChI is InChI=1S/C25H29N3O6S/c1-18-5-2-3-6-20(18)23-27-25(24(34-23)26-9-4-10-28-11-13-31-14-12-28)35(29,30)19-7-8-21-22(17-19)33-16-15-32-21/h2-3,5-8,17,26H,4,9-16H2,1H3. The zero-order valence-electron chi connectivity index (χ0n) is 19.7. The lowest BCUT2D eigenvalue weighted by atomic mass is 10.1. The smallest absolute Gasteiger partial charge is 0.233 e. The van der Waals surface area contributed by atoms with Gasteiger partial charge in [0, 0.05) is 31.3 Å². The van der Waals surface area contributed by atoms with Crippen molar-refractivity contribution in [2.45, 2.75) is 23.3 Å². The highest BCUT2D eigenvalue weighted by molar-refractivity contribution is 7.91. The van der Waals surface area contributed by atoms with Crippen molar-refractivity contribution in [2.24, 2.45) is 0 Å². The summed E-state index contributed by atoms with van der Waals surface area (Å²) in [6, 6.07) is 12.2. The van der Waals surface area contributed by atoms with Crippen LogP contribution in [0, 0.1) is 6.92 Å². The Morgan fingerprint density at radius 1 is 1.00 bits per heavy atom. The molecule has 1 saturated heterocycles. The lowest BCUT2D eigenvalue weighted by Crippen LogP contribution is -2.37. The van der Waals surface area contributed by atoms with E-state index in [2.05, 4.69) is 15.2 Å². The predicted molar refractivity (Wildman–Crippen MR) is 130 cm³/mol. The molecule has 2 aliphatic rings. The van der Waals surface area contributed by atoms with E-state index in [1.807, 2.05) is 31.2 Å². The molecule has 0 spiro atoms. The average molecular weight is 500 g/mol. The zero-order valence-corrected chi connectivity index (χ0v) is 20.5. The average Bonchev–Trinajstić information content (AvgIpc) is 3.32. The van der Waals surface area contributed by atoms with Crippen LogP contribution in [0.15, 0.2) is 56.8 Å². The minimum Gasteiger partial charge on any atom is -0.486 e. The Kier molecular flexibility index (Phi) is 6.94. The fourth-order valence-electron chi connectivity index (χ4n) is 4.16. The fourth-order valence-corrected chi connectivity index (χ4v) is 5.45. The number of sulfone groups is 1. The van der Waals surface area contributed by atoms with Crippen molar-refractivity contribution in [3.05, 3.63) is 48.0 Å². The van der Waals surface area contributed by atoms with Crippen LogP contribution < -0.4 is 14.8 Å². The molecule has 0 unspecified atom stereocenters. The Balaban J connectivity index is 1.43. The molecule has 10 heteroatoms. The number of ether oxygens (including phenoxy) is 3. The van der Waals surface area contributed by atoms with E-state index >= 15 is 0 Å². The Hall–Kier alpha value is -3.08. The van der Waals surface area contributed by atoms with Gasteiger partial charge in [0.2, 0.25) is 26.6 Å². The SMILES string of the molecule is Cc1ccccc1-c1nc(S(=O)(=O)c2ccc3c(c2)OCCO3)c(NCCCN2CCOCC2)o1. The number of rotatable bonds is 8. The van der Waals surface area contributed by atoms with Crippen molar-refractivity contribution >= 4 is 15.7 Å². The number of nitrogens with one attached hydrogen (secondary N) is 1. The number of aryl methyl sites for hydroxylation is 1. The van der Waals surface area contributed by atoms with Crippen molar-refractivity contribution in [3.63, 3.8) is 0 Å². The molecule has 0 atom stereocenters. The number of benzene rings is 2. The highest BCUT2D eigenvalue weighted by Gasteiger charge is 2.30. The van der Waals surface area contributed by atoms with Crippen molar-refractivity contribution in [3.8, 4) is 23.0 Å². The van der Waals surface area contributed by atoms with Gasteiger partial charge in [-0.25, -0.2) is 8.42 Å². The molecule has 2 aliphatic heterocycles. The van der Waals surface area contributed by atoms with Gasteiger partial charge < -0.3 is 23.9 Å². The van der Waals surface area contributed by atoms with Gasteiger partial charge >= 0.3 is 0 Å². The van der Waals surface area contributed by atoms with Crippen LogP contribution in [0.3, 0.4) is 0 Å². The molecule has 35 heavy (non-hydrogen) atoms. The lowest BCUT2D eigenvalue weighted by Gasteiger charge is -2.26. The molecule has 1 fully saturated rings. The predicted octanol–water partition coefficient (Wildman–Crippen LogP) is 3.39. The molecule has 186 valence electrons. The number of hydrogen-bond acceptors (Lipinski definition) is 9. The van der Waals surface area contributed by atoms with E-state index in [-0.39, 0.29) is 21.7 Å². The quantitative estimate of drug-likeness (QED) is 0.467. The maximum Gasteiger partial charge on any atom is 0.233 e. The second kappa shape index (κ2) is 10.3. The summed E-state index contributed by atoms with van der Waals surface area (Å²) in [5.74, 6) is 1.33. The van der Waals surface area contributed by atoms with Gasteiger partial charge in [0.15, 0.2) is 11.5 Å². The Labute approximate surface area is 204 Å². The summed E-state index contributed by atoms with van der Waals surface area (Å²) in [5.41, 5.74) is 1.68. The Bertz CT molecular complexity index is 1280. The van der Waals surface area contributed by atoms with E-state index in [9.17, 15) is 8.42 Å². The van der Waals surface area contributed by atoms with Crippen LogP contribution in [-0.4, -0.2) is 70.9 Å². The van der Waals surface area contributed by atoms with E-state index in [1.54, 1.807) is 6.07 Å². The first kappa shape index (κ1) is 23.7. The number of aromatic nitrogens is 1. The first-order valence-electron chi connectivity index (χ1n) is 11.8. The van der Waals surface area contributed by atoms with E-state index in [4.69, 9.17) is 18.6 Å². The van der Waals surface area contributed by atoms with Gasteiger partial charge in [-0.3, -0.25) is 4.90 Å². The van der Waals surface area contributed by atoms with Crippen LogP contribution in [0.25, 0.3) is 11.5 Å². The molecule has 2 aromatic carbocycles. The largest absolute Gasteiger partial charge is 0.486 e. The molecule has 0 saturated carbocycles. The second-order valence-corrected chi connectivity index (χ2v) is 10.4. The van der Waals surface area contributed by atoms with Crippen LogP contribution in [0.4, 0.5) is 5.88 Å². The van der Waals surface area contributed by atoms with Crippen molar-refractivity contribution in [1.29, 1.82) is 0 Å². The lowest BCUT2D eigenvalue weighted by molar-refractivity contribution is 0.0378. The van der Waals surface area contributed by atoms with Crippen LogP contribution in [0.1, 0.15) is 12.0 Å². The normalized spacial score (nSPS) is 16.3. The molecule has 3 aromatic rings. The number of nitrogens with zero attached hydrogens (tertiary/aromatic N) is 2. The summed E-state index contributed by atoms with van der Waals surface area (Å²) in [6.45, 7) is 7.47. The third-order valence-electron chi connectivity index (χ3n) is 6.09. The molecule has 1 N–H and O–H groups in total. The maximum atomic E-state index is 13.7. The van der Waals surface area contributed by atoms with E-state index in [1.165, 1.54) is 12.1 Å². The van der Waals surface area contributed by atoms with Gasteiger partial charge in [-0.05, 0) is 43.7 Å². The van der Waals surface area contributed by atoms with Gasteiger partial charge in [0.1, 0.15) is 13.2 Å². The topological polar surface area (TPSA) is 103 Å². The molecular weight excluding hydrogens is 470 g/mol. The van der Waals surface area contributed by atoms with Crippen molar-refractivity contribution in [2.75, 3.05) is 57.9 Å². The second-order valence-electron chi connectivity index (χ2n) is 8.51. The molecule has 0 bridgehead atoms. The van der Waals surface area contributed by atoms with Gasteiger partial charge in [-0.15, -0.1) is 0 Å². The first-order chi connectivity index (χ1) is 17.0. The van der Waals surface area contributed by atoms with Crippen LogP contribution >= 0.6 is 0 Å². The highest BCUT2D eigenvalue weighted by Crippen LogP contribution is 2.37. The van der Waals surface area contributed by atoms with Gasteiger partial charge in [0.25, 0.3) is 0 Å². The van der Waals surface area contributed by atoms with Crippen molar-refractivity contribution in [1.82, 2.24) is 9.88 Å². The number of hydrogen-bond donors (Lipinski definition) is 1. The number of oxazole rings is 1. The van der Waals surface area contributed by atoms with Crippen LogP contribution in [0.2, 0.25) is 0 Å². The molecule has 9 nitrogen and oxygen atoms in total. The van der Waals surface area contributed by atoms with Gasteiger partial charge in [-0.2, -0.15) is 4.98 Å². The third-order valence-corrected chi connectivity index (χ3v) is 7.75. The van der Waals surface area contributed by atoms with E-state index in [0.717, 1.165) is 50.4 Å². The van der Waals surface area contributed by atoms with Crippen LogP contribution in [0.5, 0.6) is 11.5 Å². The molecule has 5 rings (SSSR count). The summed E-state index contributed by atoms with van der Waals surface area (Å²) < 4.78 is 49.9. The van der Waals surface area contributed by atoms with E-state index in [0.29, 0.717) is 31.3 Å². The third kappa shape index (κ3) is 5.14. The number of fused-ring (bicyclic) bond motifs is 1. The monoisotopic (exact) mass is 499 g/mol. The first-order valence-corrected chi connectivity index (χ1v) is 13.3. The minimum atomic E-state index is -3.99. The molecule has 0 radical (unpaired) electrons. The minimum absolute atomic E-state index is 0.0720. The van der Waals surface area contributed by atoms with Gasteiger partial charge in [-0.1, -0.05) is 18.2 Å². The summed E-state index contributed by atoms with van der Waals surface area (Å²) in [6.07, 6.45) is 0.823. The van der Waals surface area contributed by atoms with E-state index < -0.39 is 9.84 Å². The van der Waals surface area contributed by atoms with Crippen molar-refractivity contribution < 1.29 is 27.0 Å². The Morgan fingerprint density at radius 2 is 1.77 bits per heavy atom. The summed E-state index contributed by atoms with van der Waals surface area (Å²) >= 11 is 0. The summed E-state index contributed by atoms with van der Waals surface area (Å²) in [7, 11) is -3.99. The number of anilines is 1. The maximum absolute atomic E-state index is 13.7. The summed E-state index contributed by atoms with van der Waals surface area (Å²) in [5, 5.41) is 3.04. The fraction of sp³-hybridized carbons (Fsp3) is 0.400. The number of morpholine rings is 1. The Morgan fingerprint density at radius 3 is 2.57 bits per heavy atom. The molecule has 0 aliphatic carbocycles. The van der Waals surface area contributed by atoms with Gasteiger partial charge in [0.05, 0.1) is 18.1 Å². The molecule has 1 aromatic heterocycles. The van der Waals surface area contributed by atoms with Crippen LogP contribution in [-0.2, 0) is 14.6 Å².